The molecule has 2 aromatic rings. The summed E-state index contributed by atoms with van der Waals surface area (Å²) in [5.41, 5.74) is 4.27. The van der Waals surface area contributed by atoms with E-state index in [0.717, 1.165) is 6.54 Å². The minimum atomic E-state index is 0.349. The minimum absolute atomic E-state index is 0.349. The number of hydrogen-bond donors (Lipinski definition) is 0. The van der Waals surface area contributed by atoms with Crippen molar-refractivity contribution in [3.05, 3.63) is 102 Å². The second kappa shape index (κ2) is 7.57. The van der Waals surface area contributed by atoms with Gasteiger partial charge in [0.15, 0.2) is 0 Å². The summed E-state index contributed by atoms with van der Waals surface area (Å²) in [6.07, 6.45) is 15.2. The summed E-state index contributed by atoms with van der Waals surface area (Å²) >= 11 is 0. The molecule has 0 radical (unpaired) electrons. The van der Waals surface area contributed by atoms with Crippen LogP contribution in [0.25, 0.3) is 5.57 Å². The number of benzene rings is 2. The third-order valence-electron chi connectivity index (χ3n) is 5.23. The average molecular weight is 327 g/mol. The van der Waals surface area contributed by atoms with E-state index >= 15 is 0 Å². The van der Waals surface area contributed by atoms with Gasteiger partial charge < -0.3 is 4.90 Å². The molecule has 25 heavy (non-hydrogen) atoms. The fraction of sp³-hybridized carbons (Fsp3) is 0.250. The van der Waals surface area contributed by atoms with Gasteiger partial charge in [-0.1, -0.05) is 78.9 Å². The lowest BCUT2D eigenvalue weighted by molar-refractivity contribution is 0.278. The summed E-state index contributed by atoms with van der Waals surface area (Å²) in [7, 11) is 0. The van der Waals surface area contributed by atoms with Crippen molar-refractivity contribution in [3.8, 4) is 0 Å². The number of rotatable bonds is 4. The van der Waals surface area contributed by atoms with Gasteiger partial charge in [0.25, 0.3) is 0 Å². The zero-order valence-corrected chi connectivity index (χ0v) is 14.6. The lowest BCUT2D eigenvalue weighted by Crippen LogP contribution is -2.29. The topological polar surface area (TPSA) is 3.24 Å². The molecule has 0 saturated carbocycles. The van der Waals surface area contributed by atoms with Crippen molar-refractivity contribution in [1.82, 2.24) is 4.90 Å². The molecule has 0 fully saturated rings. The van der Waals surface area contributed by atoms with Gasteiger partial charge in [-0.15, -0.1) is 0 Å². The van der Waals surface area contributed by atoms with E-state index in [1.807, 2.05) is 0 Å². The second-order valence-corrected chi connectivity index (χ2v) is 6.99. The van der Waals surface area contributed by atoms with Gasteiger partial charge in [0, 0.05) is 6.54 Å². The Morgan fingerprint density at radius 3 is 2.44 bits per heavy atom. The highest BCUT2D eigenvalue weighted by Crippen LogP contribution is 2.33. The molecular formula is C24H25N. The fourth-order valence-corrected chi connectivity index (χ4v) is 3.97. The maximum Gasteiger partial charge on any atom is 0.0724 e. The second-order valence-electron chi connectivity index (χ2n) is 6.99. The molecule has 4 rings (SSSR count). The van der Waals surface area contributed by atoms with Crippen LogP contribution in [-0.4, -0.2) is 11.4 Å². The van der Waals surface area contributed by atoms with Crippen molar-refractivity contribution in [2.45, 2.75) is 25.3 Å². The molecule has 2 unspecified atom stereocenters. The minimum Gasteiger partial charge on any atom is -0.366 e. The first-order valence-electron chi connectivity index (χ1n) is 9.32. The monoisotopic (exact) mass is 327 g/mol. The van der Waals surface area contributed by atoms with Crippen molar-refractivity contribution in [2.75, 3.05) is 6.54 Å². The van der Waals surface area contributed by atoms with E-state index in [1.54, 1.807) is 0 Å². The molecule has 1 aliphatic carbocycles. The Hall–Kier alpha value is -2.54. The lowest BCUT2D eigenvalue weighted by Gasteiger charge is -2.34. The molecule has 0 aromatic heterocycles. The van der Waals surface area contributed by atoms with Gasteiger partial charge in [0.2, 0.25) is 0 Å². The zero-order valence-electron chi connectivity index (χ0n) is 14.6. The van der Waals surface area contributed by atoms with E-state index in [1.165, 1.54) is 36.0 Å². The van der Waals surface area contributed by atoms with Gasteiger partial charge in [-0.3, -0.25) is 0 Å². The first-order valence-corrected chi connectivity index (χ1v) is 9.32. The molecule has 2 aromatic carbocycles. The first-order chi connectivity index (χ1) is 12.4. The van der Waals surface area contributed by atoms with E-state index in [9.17, 15) is 0 Å². The van der Waals surface area contributed by atoms with Crippen LogP contribution in [0.1, 0.15) is 36.4 Å². The maximum absolute atomic E-state index is 2.52. The highest BCUT2D eigenvalue weighted by Gasteiger charge is 2.22. The first kappa shape index (κ1) is 16.0. The highest BCUT2D eigenvalue weighted by atomic mass is 15.1. The van der Waals surface area contributed by atoms with E-state index in [0.29, 0.717) is 12.0 Å². The summed E-state index contributed by atoms with van der Waals surface area (Å²) in [6, 6.07) is 22.0. The molecule has 0 amide bonds. The summed E-state index contributed by atoms with van der Waals surface area (Å²) in [5.74, 6) is 0.617. The Kier molecular flexibility index (Phi) is 4.83. The largest absolute Gasteiger partial charge is 0.366 e. The Balaban J connectivity index is 1.52. The predicted molar refractivity (Wildman–Crippen MR) is 106 cm³/mol. The lowest BCUT2D eigenvalue weighted by atomic mass is 9.86. The quantitative estimate of drug-likeness (QED) is 0.666. The summed E-state index contributed by atoms with van der Waals surface area (Å²) in [4.78, 5) is 2.49. The van der Waals surface area contributed by atoms with Gasteiger partial charge in [-0.25, -0.2) is 0 Å². The summed E-state index contributed by atoms with van der Waals surface area (Å²) in [6.45, 7) is 1.08. The molecule has 126 valence electrons. The molecule has 1 heteroatoms. The standard InChI is InChI=1S/C24H25N/c1-3-11-21(12-4-1)23-15-9-10-20(18-23)19-25-17-8-7-16-24(25)22-13-5-2-6-14-22/h1-8,11-14,16-18,20,24H,9-10,15,19H2. The molecule has 2 atom stereocenters. The van der Waals surface area contributed by atoms with Crippen LogP contribution in [0.4, 0.5) is 0 Å². The van der Waals surface area contributed by atoms with Gasteiger partial charge in [0.05, 0.1) is 6.04 Å². The van der Waals surface area contributed by atoms with Crippen molar-refractivity contribution in [3.63, 3.8) is 0 Å². The van der Waals surface area contributed by atoms with Crippen molar-refractivity contribution in [2.24, 2.45) is 5.92 Å². The zero-order chi connectivity index (χ0) is 16.9. The van der Waals surface area contributed by atoms with Crippen LogP contribution in [0.15, 0.2) is 91.2 Å². The SMILES string of the molecule is C1=CC(c2ccccc2)N(CC2C=C(c3ccccc3)CCC2)C=C1. The molecule has 2 aliphatic rings. The maximum atomic E-state index is 2.52. The predicted octanol–water partition coefficient (Wildman–Crippen LogP) is 6.00. The van der Waals surface area contributed by atoms with Crippen LogP contribution >= 0.6 is 0 Å². The van der Waals surface area contributed by atoms with Gasteiger partial charge in [-0.2, -0.15) is 0 Å². The molecule has 0 spiro atoms. The summed E-state index contributed by atoms with van der Waals surface area (Å²) < 4.78 is 0. The molecule has 1 heterocycles. The van der Waals surface area contributed by atoms with Crippen molar-refractivity contribution < 1.29 is 0 Å². The third kappa shape index (κ3) is 3.76. The molecule has 1 nitrogen and oxygen atoms in total. The van der Waals surface area contributed by atoms with Crippen LogP contribution in [0.2, 0.25) is 0 Å². The molecule has 0 bridgehead atoms. The fourth-order valence-electron chi connectivity index (χ4n) is 3.97. The van der Waals surface area contributed by atoms with E-state index < -0.39 is 0 Å². The van der Waals surface area contributed by atoms with E-state index in [-0.39, 0.29) is 0 Å². The Bertz CT molecular complexity index is 770. The molecule has 0 saturated heterocycles. The van der Waals surface area contributed by atoms with Crippen LogP contribution in [-0.2, 0) is 0 Å². The van der Waals surface area contributed by atoms with Crippen LogP contribution in [0, 0.1) is 5.92 Å². The van der Waals surface area contributed by atoms with Crippen LogP contribution in [0.3, 0.4) is 0 Å². The average Bonchev–Trinajstić information content (AvgIpc) is 2.70. The van der Waals surface area contributed by atoms with Gasteiger partial charge >= 0.3 is 0 Å². The Morgan fingerprint density at radius 1 is 0.880 bits per heavy atom. The van der Waals surface area contributed by atoms with Crippen LogP contribution < -0.4 is 0 Å². The highest BCUT2D eigenvalue weighted by molar-refractivity contribution is 5.66. The van der Waals surface area contributed by atoms with Crippen molar-refractivity contribution in [1.29, 1.82) is 0 Å². The van der Waals surface area contributed by atoms with Crippen LogP contribution in [0.5, 0.6) is 0 Å². The Morgan fingerprint density at radius 2 is 1.64 bits per heavy atom. The number of allylic oxidation sites excluding steroid dienone is 3. The molecule has 1 aliphatic heterocycles. The Labute approximate surface area is 151 Å². The summed E-state index contributed by atoms with van der Waals surface area (Å²) in [5, 5.41) is 0. The van der Waals surface area contributed by atoms with Gasteiger partial charge in [0.1, 0.15) is 0 Å². The van der Waals surface area contributed by atoms with Gasteiger partial charge in [-0.05, 0) is 54.2 Å². The molecular weight excluding hydrogens is 302 g/mol. The normalized spacial score (nSPS) is 22.7. The smallest absolute Gasteiger partial charge is 0.0724 e. The number of hydrogen-bond acceptors (Lipinski definition) is 1. The van der Waals surface area contributed by atoms with Crippen molar-refractivity contribution >= 4 is 5.57 Å². The molecule has 0 N–H and O–H groups in total. The van der Waals surface area contributed by atoms with E-state index in [4.69, 9.17) is 0 Å². The number of nitrogens with zero attached hydrogens (tertiary/aromatic N) is 1. The van der Waals surface area contributed by atoms with E-state index in [2.05, 4.69) is 96.1 Å². The third-order valence-corrected chi connectivity index (χ3v) is 5.23.